The molecule has 2 N–H and O–H groups in total. The van der Waals surface area contributed by atoms with Gasteiger partial charge in [-0.2, -0.15) is 0 Å². The molecule has 0 radical (unpaired) electrons. The maximum atomic E-state index is 11.1. The summed E-state index contributed by atoms with van der Waals surface area (Å²) in [6, 6.07) is 5.06. The molecule has 0 amide bonds. The number of carboxylic acids is 1. The lowest BCUT2D eigenvalue weighted by atomic mass is 10.0. The number of aliphatic carboxylic acids is 1. The maximum Gasteiger partial charge on any atom is 0.320 e. The molecule has 20 heavy (non-hydrogen) atoms. The van der Waals surface area contributed by atoms with Crippen molar-refractivity contribution >= 4 is 5.97 Å². The van der Waals surface area contributed by atoms with E-state index in [2.05, 4.69) is 0 Å². The Morgan fingerprint density at radius 3 is 2.90 bits per heavy atom. The second-order valence-corrected chi connectivity index (χ2v) is 5.24. The third-order valence-corrected chi connectivity index (χ3v) is 3.86. The number of aryl methyl sites for hydroxylation is 1. The number of benzene rings is 1. The molecule has 0 aromatic heterocycles. The van der Waals surface area contributed by atoms with E-state index in [0.717, 1.165) is 29.8 Å². The van der Waals surface area contributed by atoms with Gasteiger partial charge in [-0.15, -0.1) is 0 Å². The molecule has 2 unspecified atom stereocenters. The second-order valence-electron chi connectivity index (χ2n) is 5.24. The van der Waals surface area contributed by atoms with Crippen molar-refractivity contribution in [1.29, 1.82) is 0 Å². The van der Waals surface area contributed by atoms with Gasteiger partial charge in [0.25, 0.3) is 0 Å². The van der Waals surface area contributed by atoms with Gasteiger partial charge >= 0.3 is 5.97 Å². The third kappa shape index (κ3) is 3.11. The van der Waals surface area contributed by atoms with Gasteiger partial charge in [0.05, 0.1) is 13.2 Å². The van der Waals surface area contributed by atoms with E-state index in [9.17, 15) is 9.90 Å². The molecule has 5 heteroatoms. The second kappa shape index (κ2) is 6.24. The number of likely N-dealkylation sites (tertiary alicyclic amines) is 1. The number of ether oxygens (including phenoxy) is 1. The summed E-state index contributed by atoms with van der Waals surface area (Å²) in [5, 5.41) is 19.4. The first-order chi connectivity index (χ1) is 9.52. The fraction of sp³-hybridized carbons (Fsp3) is 0.533. The van der Waals surface area contributed by atoms with Gasteiger partial charge in [0, 0.05) is 6.54 Å². The van der Waals surface area contributed by atoms with Gasteiger partial charge in [-0.3, -0.25) is 9.69 Å². The molecule has 1 aliphatic rings. The first kappa shape index (κ1) is 14.8. The van der Waals surface area contributed by atoms with E-state index in [-0.39, 0.29) is 0 Å². The summed E-state index contributed by atoms with van der Waals surface area (Å²) in [6.45, 7) is 3.00. The van der Waals surface area contributed by atoms with Gasteiger partial charge in [0.2, 0.25) is 0 Å². The zero-order valence-electron chi connectivity index (χ0n) is 11.9. The van der Waals surface area contributed by atoms with Gasteiger partial charge in [-0.1, -0.05) is 6.07 Å². The molecule has 5 nitrogen and oxygen atoms in total. The summed E-state index contributed by atoms with van der Waals surface area (Å²) < 4.78 is 5.19. The van der Waals surface area contributed by atoms with E-state index in [4.69, 9.17) is 9.84 Å². The number of rotatable bonds is 5. The Bertz CT molecular complexity index is 489. The van der Waals surface area contributed by atoms with E-state index in [1.807, 2.05) is 30.0 Å². The van der Waals surface area contributed by atoms with Crippen molar-refractivity contribution in [2.45, 2.75) is 31.9 Å². The minimum Gasteiger partial charge on any atom is -0.496 e. The Morgan fingerprint density at radius 1 is 1.55 bits per heavy atom. The highest BCUT2D eigenvalue weighted by Gasteiger charge is 2.31. The smallest absolute Gasteiger partial charge is 0.320 e. The third-order valence-electron chi connectivity index (χ3n) is 3.86. The largest absolute Gasteiger partial charge is 0.496 e. The highest BCUT2D eigenvalue weighted by Crippen LogP contribution is 2.25. The van der Waals surface area contributed by atoms with Gasteiger partial charge in [-0.05, 0) is 49.6 Å². The topological polar surface area (TPSA) is 70.0 Å². The fourth-order valence-corrected chi connectivity index (χ4v) is 2.76. The normalized spacial score (nSPS) is 20.9. The Hall–Kier alpha value is -1.59. The number of hydrogen-bond acceptors (Lipinski definition) is 4. The van der Waals surface area contributed by atoms with Crippen LogP contribution >= 0.6 is 0 Å². The van der Waals surface area contributed by atoms with Gasteiger partial charge in [0.15, 0.2) is 0 Å². The van der Waals surface area contributed by atoms with Gasteiger partial charge < -0.3 is 14.9 Å². The average Bonchev–Trinajstić information content (AvgIpc) is 2.86. The van der Waals surface area contributed by atoms with Crippen molar-refractivity contribution in [2.75, 3.05) is 20.2 Å². The lowest BCUT2D eigenvalue weighted by Crippen LogP contribution is -2.38. The van der Waals surface area contributed by atoms with E-state index >= 15 is 0 Å². The van der Waals surface area contributed by atoms with E-state index in [1.54, 1.807) is 7.11 Å². The molecule has 0 saturated carbocycles. The van der Waals surface area contributed by atoms with Crippen molar-refractivity contribution in [3.63, 3.8) is 0 Å². The molecule has 1 heterocycles. The molecule has 1 aromatic rings. The lowest BCUT2D eigenvalue weighted by molar-refractivity contribution is -0.142. The van der Waals surface area contributed by atoms with E-state index in [0.29, 0.717) is 13.0 Å². The quantitative estimate of drug-likeness (QED) is 0.856. The summed E-state index contributed by atoms with van der Waals surface area (Å²) in [7, 11) is 1.61. The number of hydrogen-bond donors (Lipinski definition) is 2. The molecule has 1 aliphatic heterocycles. The zero-order chi connectivity index (χ0) is 14.7. The molecular formula is C15H21NO4. The number of β-amino-alcohol motifs (C(OH)–C–C–N with tert-alkyl or cyclic N) is 1. The maximum absolute atomic E-state index is 11.1. The van der Waals surface area contributed by atoms with Crippen LogP contribution < -0.4 is 4.74 Å². The van der Waals surface area contributed by atoms with Crippen LogP contribution in [-0.2, 0) is 4.79 Å². The van der Waals surface area contributed by atoms with Crippen molar-refractivity contribution in [1.82, 2.24) is 4.90 Å². The Morgan fingerprint density at radius 2 is 2.30 bits per heavy atom. The number of methoxy groups -OCH3 is 1. The predicted molar refractivity (Wildman–Crippen MR) is 74.9 cm³/mol. The molecule has 1 saturated heterocycles. The summed E-state index contributed by atoms with van der Waals surface area (Å²) in [4.78, 5) is 13.0. The molecule has 1 fully saturated rings. The van der Waals surface area contributed by atoms with Crippen molar-refractivity contribution in [3.05, 3.63) is 29.3 Å². The van der Waals surface area contributed by atoms with E-state index in [1.165, 1.54) is 0 Å². The predicted octanol–water partition coefficient (Wildman–Crippen LogP) is 1.59. The molecule has 0 bridgehead atoms. The van der Waals surface area contributed by atoms with Crippen LogP contribution in [0.15, 0.2) is 18.2 Å². The molecule has 0 spiro atoms. The van der Waals surface area contributed by atoms with Crippen molar-refractivity contribution in [2.24, 2.45) is 0 Å². The van der Waals surface area contributed by atoms with Crippen LogP contribution in [0.4, 0.5) is 0 Å². The molecular weight excluding hydrogens is 258 g/mol. The summed E-state index contributed by atoms with van der Waals surface area (Å²) in [5.41, 5.74) is 1.75. The number of nitrogens with zero attached hydrogens (tertiary/aromatic N) is 1. The standard InChI is InChI=1S/C15H21NO4/c1-10-8-11(5-6-14(10)20-2)13(17)9-16-7-3-4-12(16)15(18)19/h5-6,8,12-13,17H,3-4,7,9H2,1-2H3,(H,18,19). The highest BCUT2D eigenvalue weighted by atomic mass is 16.5. The van der Waals surface area contributed by atoms with Crippen LogP contribution in [0.1, 0.15) is 30.1 Å². The van der Waals surface area contributed by atoms with Crippen LogP contribution in [0, 0.1) is 6.92 Å². The molecule has 2 rings (SSSR count). The van der Waals surface area contributed by atoms with Gasteiger partial charge in [-0.25, -0.2) is 0 Å². The lowest BCUT2D eigenvalue weighted by Gasteiger charge is -2.24. The fourth-order valence-electron chi connectivity index (χ4n) is 2.76. The molecule has 1 aromatic carbocycles. The molecule has 0 aliphatic carbocycles. The summed E-state index contributed by atoms with van der Waals surface area (Å²) in [6.07, 6.45) is 0.842. The first-order valence-electron chi connectivity index (χ1n) is 6.82. The molecule has 2 atom stereocenters. The number of aliphatic hydroxyl groups excluding tert-OH is 1. The number of carboxylic acid groups (broad SMARTS) is 1. The Balaban J connectivity index is 2.06. The molecule has 110 valence electrons. The minimum absolute atomic E-state index is 0.350. The van der Waals surface area contributed by atoms with Crippen LogP contribution in [0.25, 0.3) is 0 Å². The summed E-state index contributed by atoms with van der Waals surface area (Å²) >= 11 is 0. The highest BCUT2D eigenvalue weighted by molar-refractivity contribution is 5.73. The first-order valence-corrected chi connectivity index (χ1v) is 6.82. The van der Waals surface area contributed by atoms with Crippen LogP contribution in [-0.4, -0.2) is 47.3 Å². The van der Waals surface area contributed by atoms with Crippen LogP contribution in [0.2, 0.25) is 0 Å². The van der Waals surface area contributed by atoms with Crippen LogP contribution in [0.5, 0.6) is 5.75 Å². The SMILES string of the molecule is COc1ccc(C(O)CN2CCCC2C(=O)O)cc1C. The monoisotopic (exact) mass is 279 g/mol. The van der Waals surface area contributed by atoms with E-state index < -0.39 is 18.1 Å². The Kier molecular flexibility index (Phi) is 4.62. The number of aliphatic hydroxyl groups is 1. The van der Waals surface area contributed by atoms with Gasteiger partial charge in [0.1, 0.15) is 11.8 Å². The Labute approximate surface area is 118 Å². The van der Waals surface area contributed by atoms with Crippen LogP contribution in [0.3, 0.4) is 0 Å². The average molecular weight is 279 g/mol. The van der Waals surface area contributed by atoms with Crippen molar-refractivity contribution < 1.29 is 19.7 Å². The summed E-state index contributed by atoms with van der Waals surface area (Å²) in [5.74, 6) is -0.0221. The minimum atomic E-state index is -0.805. The van der Waals surface area contributed by atoms with Crippen molar-refractivity contribution in [3.8, 4) is 5.75 Å². The zero-order valence-corrected chi connectivity index (χ0v) is 11.9. The number of carbonyl (C=O) groups is 1.